The van der Waals surface area contributed by atoms with Crippen LogP contribution in [0.25, 0.3) is 33.2 Å². The molecule has 6 nitrogen and oxygen atoms in total. The number of aromatic nitrogens is 5. The van der Waals surface area contributed by atoms with Crippen LogP contribution in [-0.2, 0) is 13.6 Å². The summed E-state index contributed by atoms with van der Waals surface area (Å²) in [5, 5.41) is 0.899. The van der Waals surface area contributed by atoms with Gasteiger partial charge in [-0.1, -0.05) is 29.8 Å². The molecule has 0 aliphatic heterocycles. The normalized spacial score (nSPS) is 11.6. The predicted molar refractivity (Wildman–Crippen MR) is 115 cm³/mol. The van der Waals surface area contributed by atoms with E-state index in [1.807, 2.05) is 25.4 Å². The summed E-state index contributed by atoms with van der Waals surface area (Å²) in [4.78, 5) is 24.7. The van der Waals surface area contributed by atoms with E-state index >= 15 is 0 Å². The molecule has 29 heavy (non-hydrogen) atoms. The molecule has 4 heterocycles. The van der Waals surface area contributed by atoms with E-state index in [0.29, 0.717) is 5.52 Å². The molecule has 6 heteroatoms. The quantitative estimate of drug-likeness (QED) is 0.513. The zero-order valence-corrected chi connectivity index (χ0v) is 16.6. The number of H-pyrrole nitrogens is 1. The van der Waals surface area contributed by atoms with Crippen LogP contribution in [0.5, 0.6) is 0 Å². The third-order valence-corrected chi connectivity index (χ3v) is 5.42. The SMILES string of the molecule is Cc1cccc(Cn2c(C)nc3ncc(-c4cn(C)c(=O)c5[nH]ccc45)cc32)c1. The van der Waals surface area contributed by atoms with Crippen LogP contribution in [0.3, 0.4) is 0 Å². The zero-order valence-electron chi connectivity index (χ0n) is 16.6. The van der Waals surface area contributed by atoms with Crippen LogP contribution in [0.1, 0.15) is 17.0 Å². The Bertz CT molecular complexity index is 1440. The van der Waals surface area contributed by atoms with Gasteiger partial charge in [-0.25, -0.2) is 9.97 Å². The molecule has 0 unspecified atom stereocenters. The minimum Gasteiger partial charge on any atom is -0.357 e. The van der Waals surface area contributed by atoms with Crippen LogP contribution in [-0.4, -0.2) is 24.1 Å². The highest BCUT2D eigenvalue weighted by Crippen LogP contribution is 2.28. The predicted octanol–water partition coefficient (Wildman–Crippen LogP) is 3.94. The van der Waals surface area contributed by atoms with Gasteiger partial charge in [0.05, 0.1) is 5.52 Å². The van der Waals surface area contributed by atoms with Gasteiger partial charge in [-0.3, -0.25) is 4.79 Å². The fourth-order valence-electron chi connectivity index (χ4n) is 3.96. The van der Waals surface area contributed by atoms with Gasteiger partial charge in [-0.2, -0.15) is 0 Å². The Morgan fingerprint density at radius 3 is 2.83 bits per heavy atom. The number of aryl methyl sites for hydroxylation is 3. The van der Waals surface area contributed by atoms with Crippen molar-refractivity contribution in [3.05, 3.63) is 82.3 Å². The third-order valence-electron chi connectivity index (χ3n) is 5.42. The highest BCUT2D eigenvalue weighted by Gasteiger charge is 2.14. The first-order valence-corrected chi connectivity index (χ1v) is 9.57. The Kier molecular flexibility index (Phi) is 3.87. The summed E-state index contributed by atoms with van der Waals surface area (Å²) in [5.74, 6) is 0.929. The first-order valence-electron chi connectivity index (χ1n) is 9.57. The molecule has 0 aliphatic carbocycles. The molecule has 0 atom stereocenters. The maximum Gasteiger partial charge on any atom is 0.274 e. The molecule has 4 aromatic heterocycles. The molecule has 0 saturated carbocycles. The van der Waals surface area contributed by atoms with E-state index in [2.05, 4.69) is 56.8 Å². The van der Waals surface area contributed by atoms with E-state index in [4.69, 9.17) is 0 Å². The van der Waals surface area contributed by atoms with Crippen molar-refractivity contribution in [2.45, 2.75) is 20.4 Å². The maximum atomic E-state index is 12.4. The number of benzene rings is 1. The average molecular weight is 383 g/mol. The van der Waals surface area contributed by atoms with E-state index in [0.717, 1.165) is 40.0 Å². The van der Waals surface area contributed by atoms with E-state index < -0.39 is 0 Å². The minimum absolute atomic E-state index is 0.0388. The molecule has 5 rings (SSSR count). The van der Waals surface area contributed by atoms with Crippen LogP contribution < -0.4 is 5.56 Å². The highest BCUT2D eigenvalue weighted by atomic mass is 16.1. The topological polar surface area (TPSA) is 68.5 Å². The van der Waals surface area contributed by atoms with Gasteiger partial charge in [0.1, 0.15) is 11.3 Å². The molecular weight excluding hydrogens is 362 g/mol. The molecule has 1 aromatic carbocycles. The van der Waals surface area contributed by atoms with Crippen molar-refractivity contribution in [1.29, 1.82) is 0 Å². The van der Waals surface area contributed by atoms with Gasteiger partial charge in [0.15, 0.2) is 5.65 Å². The first-order chi connectivity index (χ1) is 14.0. The van der Waals surface area contributed by atoms with E-state index in [9.17, 15) is 4.79 Å². The number of hydrogen-bond acceptors (Lipinski definition) is 3. The monoisotopic (exact) mass is 383 g/mol. The van der Waals surface area contributed by atoms with Gasteiger partial charge < -0.3 is 14.1 Å². The number of imidazole rings is 1. The van der Waals surface area contributed by atoms with Gasteiger partial charge in [-0.15, -0.1) is 0 Å². The molecule has 0 amide bonds. The van der Waals surface area contributed by atoms with Crippen molar-refractivity contribution in [3.8, 4) is 11.1 Å². The lowest BCUT2D eigenvalue weighted by atomic mass is 10.1. The zero-order chi connectivity index (χ0) is 20.1. The van der Waals surface area contributed by atoms with Crippen molar-refractivity contribution < 1.29 is 0 Å². The lowest BCUT2D eigenvalue weighted by Crippen LogP contribution is -2.16. The van der Waals surface area contributed by atoms with Crippen molar-refractivity contribution in [2.24, 2.45) is 7.05 Å². The van der Waals surface area contributed by atoms with Crippen molar-refractivity contribution >= 4 is 22.1 Å². The molecule has 1 N–H and O–H groups in total. The summed E-state index contributed by atoms with van der Waals surface area (Å²) in [6.07, 6.45) is 5.50. The standard InChI is InChI=1S/C23H21N5O/c1-14-5-4-6-16(9-14)12-28-15(2)26-22-20(28)10-17(11-25-22)19-13-27(3)23(29)21-18(19)7-8-24-21/h4-11,13,24H,12H2,1-3H3. The molecule has 0 spiro atoms. The summed E-state index contributed by atoms with van der Waals surface area (Å²) >= 11 is 0. The van der Waals surface area contributed by atoms with E-state index in [-0.39, 0.29) is 5.56 Å². The van der Waals surface area contributed by atoms with Crippen molar-refractivity contribution in [2.75, 3.05) is 0 Å². The number of nitrogens with one attached hydrogen (secondary N) is 1. The summed E-state index contributed by atoms with van der Waals surface area (Å²) in [7, 11) is 1.77. The second-order valence-corrected chi connectivity index (χ2v) is 7.53. The summed E-state index contributed by atoms with van der Waals surface area (Å²) < 4.78 is 3.80. The Hall–Kier alpha value is -3.67. The molecule has 0 saturated heterocycles. The number of nitrogens with zero attached hydrogens (tertiary/aromatic N) is 4. The molecular formula is C23H21N5O. The largest absolute Gasteiger partial charge is 0.357 e. The number of pyridine rings is 2. The Balaban J connectivity index is 1.69. The Morgan fingerprint density at radius 2 is 2.00 bits per heavy atom. The Labute approximate surface area is 167 Å². The van der Waals surface area contributed by atoms with Crippen molar-refractivity contribution in [1.82, 2.24) is 24.1 Å². The first kappa shape index (κ1) is 17.4. The van der Waals surface area contributed by atoms with Crippen LogP contribution in [0.2, 0.25) is 0 Å². The van der Waals surface area contributed by atoms with Gasteiger partial charge in [0.2, 0.25) is 0 Å². The summed E-state index contributed by atoms with van der Waals surface area (Å²) in [6, 6.07) is 12.6. The number of fused-ring (bicyclic) bond motifs is 2. The fourth-order valence-corrected chi connectivity index (χ4v) is 3.96. The fraction of sp³-hybridized carbons (Fsp3) is 0.174. The molecule has 5 aromatic rings. The summed E-state index contributed by atoms with van der Waals surface area (Å²) in [6.45, 7) is 4.85. The molecule has 144 valence electrons. The van der Waals surface area contributed by atoms with Gasteiger partial charge in [0, 0.05) is 48.7 Å². The van der Waals surface area contributed by atoms with E-state index in [1.54, 1.807) is 17.8 Å². The lowest BCUT2D eigenvalue weighted by molar-refractivity contribution is 0.785. The molecule has 0 fully saturated rings. The molecule has 0 bridgehead atoms. The maximum absolute atomic E-state index is 12.4. The second-order valence-electron chi connectivity index (χ2n) is 7.53. The summed E-state index contributed by atoms with van der Waals surface area (Å²) in [5.41, 5.74) is 6.68. The highest BCUT2D eigenvalue weighted by molar-refractivity contribution is 5.95. The van der Waals surface area contributed by atoms with Crippen LogP contribution in [0, 0.1) is 13.8 Å². The second kappa shape index (κ2) is 6.44. The average Bonchev–Trinajstić information content (AvgIpc) is 3.30. The number of aromatic amines is 1. The van der Waals surface area contributed by atoms with Gasteiger partial charge in [-0.05, 0) is 31.5 Å². The van der Waals surface area contributed by atoms with Gasteiger partial charge >= 0.3 is 0 Å². The molecule has 0 radical (unpaired) electrons. The third kappa shape index (κ3) is 2.84. The van der Waals surface area contributed by atoms with Gasteiger partial charge in [0.25, 0.3) is 5.56 Å². The van der Waals surface area contributed by atoms with Crippen LogP contribution in [0.15, 0.2) is 59.8 Å². The van der Waals surface area contributed by atoms with Crippen molar-refractivity contribution in [3.63, 3.8) is 0 Å². The Morgan fingerprint density at radius 1 is 1.14 bits per heavy atom. The van der Waals surface area contributed by atoms with E-state index in [1.165, 1.54) is 11.1 Å². The lowest BCUT2D eigenvalue weighted by Gasteiger charge is -2.10. The molecule has 0 aliphatic rings. The van der Waals surface area contributed by atoms with Crippen LogP contribution >= 0.6 is 0 Å². The van der Waals surface area contributed by atoms with Crippen LogP contribution in [0.4, 0.5) is 0 Å². The number of hydrogen-bond donors (Lipinski definition) is 1. The minimum atomic E-state index is -0.0388. The number of rotatable bonds is 3. The smallest absolute Gasteiger partial charge is 0.274 e.